The summed E-state index contributed by atoms with van der Waals surface area (Å²) < 4.78 is 0. The third kappa shape index (κ3) is 3.30. The van der Waals surface area contributed by atoms with E-state index in [0.29, 0.717) is 12.3 Å². The average Bonchev–Trinajstić information content (AvgIpc) is 2.40. The normalized spacial score (nSPS) is 16.8. The Kier molecular flexibility index (Phi) is 4.15. The molecule has 0 atom stereocenters. The van der Waals surface area contributed by atoms with Crippen molar-refractivity contribution in [3.63, 3.8) is 0 Å². The van der Waals surface area contributed by atoms with E-state index < -0.39 is 0 Å². The number of anilines is 1. The molecule has 1 fully saturated rings. The van der Waals surface area contributed by atoms with Crippen LogP contribution in [0.1, 0.15) is 37.7 Å². The summed E-state index contributed by atoms with van der Waals surface area (Å²) in [6.45, 7) is 4.05. The smallest absolute Gasteiger partial charge is 0.224 e. The fourth-order valence-corrected chi connectivity index (χ4v) is 2.27. The van der Waals surface area contributed by atoms with E-state index in [-0.39, 0.29) is 5.91 Å². The van der Waals surface area contributed by atoms with E-state index in [0.717, 1.165) is 18.8 Å². The highest BCUT2D eigenvalue weighted by Gasteiger charge is 2.15. The van der Waals surface area contributed by atoms with E-state index in [4.69, 9.17) is 0 Å². The maximum Gasteiger partial charge on any atom is 0.224 e. The summed E-state index contributed by atoms with van der Waals surface area (Å²) in [6.07, 6.45) is 2.90. The lowest BCUT2D eigenvalue weighted by Gasteiger charge is -2.23. The largest absolute Gasteiger partial charge is 0.326 e. The lowest BCUT2D eigenvalue weighted by Crippen LogP contribution is -2.26. The van der Waals surface area contributed by atoms with Crippen molar-refractivity contribution >= 4 is 11.6 Å². The van der Waals surface area contributed by atoms with Crippen LogP contribution in [-0.2, 0) is 4.79 Å². The molecule has 2 N–H and O–H groups in total. The van der Waals surface area contributed by atoms with E-state index in [1.165, 1.54) is 18.4 Å². The second-order valence-corrected chi connectivity index (χ2v) is 4.55. The van der Waals surface area contributed by atoms with Crippen LogP contribution >= 0.6 is 0 Å². The highest BCUT2D eigenvalue weighted by molar-refractivity contribution is 5.90. The lowest BCUT2D eigenvalue weighted by atomic mass is 9.90. The monoisotopic (exact) mass is 232 g/mol. The lowest BCUT2D eigenvalue weighted by molar-refractivity contribution is -0.115. The van der Waals surface area contributed by atoms with Gasteiger partial charge < -0.3 is 10.6 Å². The Morgan fingerprint density at radius 2 is 2.18 bits per heavy atom. The minimum absolute atomic E-state index is 0.0764. The summed E-state index contributed by atoms with van der Waals surface area (Å²) in [7, 11) is 0. The molecule has 0 radical (unpaired) electrons. The summed E-state index contributed by atoms with van der Waals surface area (Å²) in [6, 6.07) is 8.27. The van der Waals surface area contributed by atoms with Crippen molar-refractivity contribution in [2.45, 2.75) is 32.1 Å². The fraction of sp³-hybridized carbons (Fsp3) is 0.500. The Labute approximate surface area is 103 Å². The maximum atomic E-state index is 11.3. The molecule has 0 unspecified atom stereocenters. The van der Waals surface area contributed by atoms with Crippen LogP contribution in [0.5, 0.6) is 0 Å². The molecule has 17 heavy (non-hydrogen) atoms. The third-order valence-corrected chi connectivity index (χ3v) is 3.30. The molecule has 1 aromatic carbocycles. The summed E-state index contributed by atoms with van der Waals surface area (Å²) in [5, 5.41) is 6.29. The second-order valence-electron chi connectivity index (χ2n) is 4.55. The number of carbonyl (C=O) groups excluding carboxylic acids is 1. The first-order valence-electron chi connectivity index (χ1n) is 6.40. The van der Waals surface area contributed by atoms with E-state index in [1.807, 2.05) is 19.1 Å². The molecule has 1 amide bonds. The number of hydrogen-bond donors (Lipinski definition) is 2. The number of rotatable bonds is 3. The maximum absolute atomic E-state index is 11.3. The molecule has 0 spiro atoms. The molecule has 3 heteroatoms. The van der Waals surface area contributed by atoms with Crippen molar-refractivity contribution in [1.82, 2.24) is 5.32 Å². The number of nitrogens with one attached hydrogen (secondary N) is 2. The second kappa shape index (κ2) is 5.82. The van der Waals surface area contributed by atoms with Crippen molar-refractivity contribution in [3.05, 3.63) is 29.8 Å². The SMILES string of the molecule is CCC(=O)Nc1cccc(C2CCNCC2)c1. The summed E-state index contributed by atoms with van der Waals surface area (Å²) in [4.78, 5) is 11.3. The quantitative estimate of drug-likeness (QED) is 0.840. The predicted octanol–water partition coefficient (Wildman–Crippen LogP) is 2.50. The molecule has 3 nitrogen and oxygen atoms in total. The van der Waals surface area contributed by atoms with E-state index in [2.05, 4.69) is 22.8 Å². The molecule has 1 aliphatic rings. The first-order chi connectivity index (χ1) is 8.29. The molecular weight excluding hydrogens is 212 g/mol. The molecule has 1 aliphatic heterocycles. The Morgan fingerprint density at radius 3 is 2.88 bits per heavy atom. The standard InChI is InChI=1S/C14H20N2O/c1-2-14(17)16-13-5-3-4-12(10-13)11-6-8-15-9-7-11/h3-5,10-11,15H,2,6-9H2,1H3,(H,16,17). The van der Waals surface area contributed by atoms with Crippen LogP contribution < -0.4 is 10.6 Å². The molecule has 2 rings (SSSR count). The molecular formula is C14H20N2O. The van der Waals surface area contributed by atoms with Gasteiger partial charge in [0.1, 0.15) is 0 Å². The first kappa shape index (κ1) is 12.1. The number of carbonyl (C=O) groups is 1. The van der Waals surface area contributed by atoms with Gasteiger partial charge in [0.15, 0.2) is 0 Å². The molecule has 1 aromatic rings. The van der Waals surface area contributed by atoms with Gasteiger partial charge in [-0.2, -0.15) is 0 Å². The predicted molar refractivity (Wildman–Crippen MR) is 70.2 cm³/mol. The van der Waals surface area contributed by atoms with Crippen molar-refractivity contribution in [2.75, 3.05) is 18.4 Å². The zero-order chi connectivity index (χ0) is 12.1. The summed E-state index contributed by atoms with van der Waals surface area (Å²) >= 11 is 0. The van der Waals surface area contributed by atoms with Gasteiger partial charge in [-0.3, -0.25) is 4.79 Å². The minimum atomic E-state index is 0.0764. The van der Waals surface area contributed by atoms with Crippen molar-refractivity contribution in [2.24, 2.45) is 0 Å². The van der Waals surface area contributed by atoms with Gasteiger partial charge in [0.2, 0.25) is 5.91 Å². The van der Waals surface area contributed by atoms with Crippen LogP contribution in [0.4, 0.5) is 5.69 Å². The molecule has 92 valence electrons. The fourth-order valence-electron chi connectivity index (χ4n) is 2.27. The van der Waals surface area contributed by atoms with Crippen LogP contribution in [0.25, 0.3) is 0 Å². The number of benzene rings is 1. The average molecular weight is 232 g/mol. The molecule has 0 saturated carbocycles. The highest BCUT2D eigenvalue weighted by Crippen LogP contribution is 2.26. The van der Waals surface area contributed by atoms with E-state index >= 15 is 0 Å². The highest BCUT2D eigenvalue weighted by atomic mass is 16.1. The third-order valence-electron chi connectivity index (χ3n) is 3.30. The van der Waals surface area contributed by atoms with E-state index in [9.17, 15) is 4.79 Å². The number of piperidine rings is 1. The van der Waals surface area contributed by atoms with Gasteiger partial charge in [0.25, 0.3) is 0 Å². The van der Waals surface area contributed by atoms with Crippen molar-refractivity contribution in [1.29, 1.82) is 0 Å². The van der Waals surface area contributed by atoms with E-state index in [1.54, 1.807) is 0 Å². The van der Waals surface area contributed by atoms with Crippen LogP contribution in [-0.4, -0.2) is 19.0 Å². The first-order valence-corrected chi connectivity index (χ1v) is 6.40. The Hall–Kier alpha value is -1.35. The van der Waals surface area contributed by atoms with Gasteiger partial charge in [-0.1, -0.05) is 19.1 Å². The molecule has 1 saturated heterocycles. The zero-order valence-corrected chi connectivity index (χ0v) is 10.3. The molecule has 0 aromatic heterocycles. The van der Waals surface area contributed by atoms with Crippen LogP contribution in [0.15, 0.2) is 24.3 Å². The summed E-state index contributed by atoms with van der Waals surface area (Å²) in [5.41, 5.74) is 2.27. The number of amides is 1. The molecule has 0 bridgehead atoms. The minimum Gasteiger partial charge on any atom is -0.326 e. The van der Waals surface area contributed by atoms with Crippen LogP contribution in [0.2, 0.25) is 0 Å². The van der Waals surface area contributed by atoms with Crippen molar-refractivity contribution < 1.29 is 4.79 Å². The topological polar surface area (TPSA) is 41.1 Å². The summed E-state index contributed by atoms with van der Waals surface area (Å²) in [5.74, 6) is 0.710. The van der Waals surface area contributed by atoms with Gasteiger partial charge in [-0.05, 0) is 49.5 Å². The van der Waals surface area contributed by atoms with Gasteiger partial charge in [0.05, 0.1) is 0 Å². The zero-order valence-electron chi connectivity index (χ0n) is 10.3. The van der Waals surface area contributed by atoms with Crippen LogP contribution in [0, 0.1) is 0 Å². The Bertz CT molecular complexity index is 384. The Morgan fingerprint density at radius 1 is 1.41 bits per heavy atom. The van der Waals surface area contributed by atoms with Crippen molar-refractivity contribution in [3.8, 4) is 0 Å². The number of hydrogen-bond acceptors (Lipinski definition) is 2. The van der Waals surface area contributed by atoms with Crippen LogP contribution in [0.3, 0.4) is 0 Å². The molecule has 0 aliphatic carbocycles. The Balaban J connectivity index is 2.07. The molecule has 1 heterocycles. The van der Waals surface area contributed by atoms with Gasteiger partial charge >= 0.3 is 0 Å². The van der Waals surface area contributed by atoms with Gasteiger partial charge in [-0.15, -0.1) is 0 Å². The van der Waals surface area contributed by atoms with Gasteiger partial charge in [0, 0.05) is 12.1 Å². The van der Waals surface area contributed by atoms with Gasteiger partial charge in [-0.25, -0.2) is 0 Å².